The molecule has 1 aromatic heterocycles. The first kappa shape index (κ1) is 11.3. The summed E-state index contributed by atoms with van der Waals surface area (Å²) in [6.45, 7) is 2.15. The van der Waals surface area contributed by atoms with Gasteiger partial charge in [-0.05, 0) is 37.8 Å². The molecule has 4 nitrogen and oxygen atoms in total. The van der Waals surface area contributed by atoms with Gasteiger partial charge >= 0.3 is 0 Å². The minimum absolute atomic E-state index is 0.0797. The fourth-order valence-corrected chi connectivity index (χ4v) is 2.43. The number of aromatic amines is 1. The second-order valence-electron chi connectivity index (χ2n) is 5.06. The molecule has 0 bridgehead atoms. The maximum atomic E-state index is 11.9. The predicted molar refractivity (Wildman–Crippen MR) is 72.8 cm³/mol. The van der Waals surface area contributed by atoms with Gasteiger partial charge in [-0.2, -0.15) is 0 Å². The topological polar surface area (TPSA) is 57.8 Å². The number of nitrogens with one attached hydrogen (secondary N) is 2. The van der Waals surface area contributed by atoms with Crippen molar-refractivity contribution in [2.45, 2.75) is 32.2 Å². The monoisotopic (exact) mass is 243 g/mol. The van der Waals surface area contributed by atoms with Crippen molar-refractivity contribution in [3.8, 4) is 0 Å². The average Bonchev–Trinajstić information content (AvgIpc) is 2.26. The van der Waals surface area contributed by atoms with Crippen molar-refractivity contribution >= 4 is 16.9 Å². The van der Waals surface area contributed by atoms with Gasteiger partial charge in [0, 0.05) is 6.04 Å². The van der Waals surface area contributed by atoms with Crippen LogP contribution in [0, 0.1) is 5.92 Å². The standard InChI is InChI=1S/C14H17N3O/c1-9(10-5-4-6-10)15-14-16-12-8-3-2-7-11(12)13(18)17-14/h2-3,7-10H,4-6H2,1H3,(H2,15,16,17,18). The van der Waals surface area contributed by atoms with Gasteiger partial charge in [0.1, 0.15) is 0 Å². The van der Waals surface area contributed by atoms with E-state index in [1.165, 1.54) is 19.3 Å². The Kier molecular flexibility index (Phi) is 2.78. The number of fused-ring (bicyclic) bond motifs is 1. The minimum Gasteiger partial charge on any atom is -0.353 e. The van der Waals surface area contributed by atoms with E-state index in [0.29, 0.717) is 23.3 Å². The lowest BCUT2D eigenvalue weighted by Crippen LogP contribution is -2.32. The van der Waals surface area contributed by atoms with Crippen LogP contribution in [-0.4, -0.2) is 16.0 Å². The smallest absolute Gasteiger partial charge is 0.260 e. The summed E-state index contributed by atoms with van der Waals surface area (Å²) in [4.78, 5) is 19.2. The molecule has 1 aromatic carbocycles. The van der Waals surface area contributed by atoms with Crippen molar-refractivity contribution in [2.75, 3.05) is 5.32 Å². The lowest BCUT2D eigenvalue weighted by Gasteiger charge is -2.31. The van der Waals surface area contributed by atoms with Crippen molar-refractivity contribution in [1.29, 1.82) is 0 Å². The highest BCUT2D eigenvalue weighted by molar-refractivity contribution is 5.78. The molecule has 1 saturated carbocycles. The van der Waals surface area contributed by atoms with Gasteiger partial charge in [0.15, 0.2) is 0 Å². The van der Waals surface area contributed by atoms with Gasteiger partial charge in [-0.3, -0.25) is 9.78 Å². The highest BCUT2D eigenvalue weighted by atomic mass is 16.1. The van der Waals surface area contributed by atoms with Crippen LogP contribution in [0.2, 0.25) is 0 Å². The Balaban J connectivity index is 1.90. The van der Waals surface area contributed by atoms with E-state index in [4.69, 9.17) is 0 Å². The Hall–Kier alpha value is -1.84. The molecule has 4 heteroatoms. The average molecular weight is 243 g/mol. The van der Waals surface area contributed by atoms with E-state index in [2.05, 4.69) is 22.2 Å². The van der Waals surface area contributed by atoms with Crippen molar-refractivity contribution in [2.24, 2.45) is 5.92 Å². The maximum Gasteiger partial charge on any atom is 0.260 e. The second-order valence-corrected chi connectivity index (χ2v) is 5.06. The number of rotatable bonds is 3. The number of hydrogen-bond acceptors (Lipinski definition) is 3. The summed E-state index contributed by atoms with van der Waals surface area (Å²) in [6, 6.07) is 7.77. The number of benzene rings is 1. The summed E-state index contributed by atoms with van der Waals surface area (Å²) in [7, 11) is 0. The van der Waals surface area contributed by atoms with Gasteiger partial charge in [0.05, 0.1) is 10.9 Å². The summed E-state index contributed by atoms with van der Waals surface area (Å²) in [5, 5.41) is 3.95. The number of aromatic nitrogens is 2. The summed E-state index contributed by atoms with van der Waals surface area (Å²) < 4.78 is 0. The SMILES string of the molecule is CC(Nc1nc2ccccc2c(=O)[nH]1)C1CCC1. The molecule has 1 atom stereocenters. The maximum absolute atomic E-state index is 11.9. The normalized spacial score (nSPS) is 17.4. The molecule has 0 radical (unpaired) electrons. The Bertz CT molecular complexity index is 616. The van der Waals surface area contributed by atoms with Crippen LogP contribution in [0.1, 0.15) is 26.2 Å². The minimum atomic E-state index is -0.0797. The second kappa shape index (κ2) is 4.44. The molecule has 1 aliphatic carbocycles. The molecule has 3 rings (SSSR count). The summed E-state index contributed by atoms with van der Waals surface area (Å²) >= 11 is 0. The molecule has 0 amide bonds. The van der Waals surface area contributed by atoms with Crippen LogP contribution in [0.5, 0.6) is 0 Å². The van der Waals surface area contributed by atoms with Crippen LogP contribution >= 0.6 is 0 Å². The van der Waals surface area contributed by atoms with Gasteiger partial charge in [-0.15, -0.1) is 0 Å². The Morgan fingerprint density at radius 2 is 2.17 bits per heavy atom. The molecule has 18 heavy (non-hydrogen) atoms. The van der Waals surface area contributed by atoms with E-state index in [9.17, 15) is 4.79 Å². The highest BCUT2D eigenvalue weighted by Crippen LogP contribution is 2.30. The third kappa shape index (κ3) is 1.98. The molecule has 1 unspecified atom stereocenters. The lowest BCUT2D eigenvalue weighted by atomic mass is 9.80. The Morgan fingerprint density at radius 3 is 2.89 bits per heavy atom. The molecule has 0 spiro atoms. The van der Waals surface area contributed by atoms with E-state index < -0.39 is 0 Å². The van der Waals surface area contributed by atoms with Crippen LogP contribution in [-0.2, 0) is 0 Å². The quantitative estimate of drug-likeness (QED) is 0.871. The van der Waals surface area contributed by atoms with E-state index in [1.54, 1.807) is 6.07 Å². The van der Waals surface area contributed by atoms with Gasteiger partial charge in [0.2, 0.25) is 5.95 Å². The number of nitrogens with zero attached hydrogens (tertiary/aromatic N) is 1. The molecule has 94 valence electrons. The zero-order chi connectivity index (χ0) is 12.5. The fraction of sp³-hybridized carbons (Fsp3) is 0.429. The lowest BCUT2D eigenvalue weighted by molar-refractivity contribution is 0.284. The van der Waals surface area contributed by atoms with Gasteiger partial charge < -0.3 is 5.32 Å². The highest BCUT2D eigenvalue weighted by Gasteiger charge is 2.24. The first-order valence-electron chi connectivity index (χ1n) is 6.49. The van der Waals surface area contributed by atoms with Crippen LogP contribution in [0.25, 0.3) is 10.9 Å². The van der Waals surface area contributed by atoms with Crippen molar-refractivity contribution in [1.82, 2.24) is 9.97 Å². The largest absolute Gasteiger partial charge is 0.353 e. The molecule has 0 aliphatic heterocycles. The van der Waals surface area contributed by atoms with Crippen LogP contribution < -0.4 is 10.9 Å². The zero-order valence-corrected chi connectivity index (χ0v) is 10.4. The van der Waals surface area contributed by atoms with E-state index in [0.717, 1.165) is 5.52 Å². The molecule has 1 fully saturated rings. The van der Waals surface area contributed by atoms with E-state index in [1.807, 2.05) is 18.2 Å². The molecule has 1 heterocycles. The number of hydrogen-bond donors (Lipinski definition) is 2. The van der Waals surface area contributed by atoms with E-state index in [-0.39, 0.29) is 5.56 Å². The van der Waals surface area contributed by atoms with Gasteiger partial charge in [-0.1, -0.05) is 18.6 Å². The predicted octanol–water partition coefficient (Wildman–Crippen LogP) is 2.52. The molecule has 1 aliphatic rings. The molecule has 2 aromatic rings. The molecular weight excluding hydrogens is 226 g/mol. The first-order valence-corrected chi connectivity index (χ1v) is 6.49. The van der Waals surface area contributed by atoms with Crippen molar-refractivity contribution < 1.29 is 0 Å². The third-order valence-electron chi connectivity index (χ3n) is 3.83. The Labute approximate surface area is 105 Å². The van der Waals surface area contributed by atoms with Crippen molar-refractivity contribution in [3.05, 3.63) is 34.6 Å². The number of para-hydroxylation sites is 1. The fourth-order valence-electron chi connectivity index (χ4n) is 2.43. The molecule has 2 N–H and O–H groups in total. The van der Waals surface area contributed by atoms with Gasteiger partial charge in [0.25, 0.3) is 5.56 Å². The summed E-state index contributed by atoms with van der Waals surface area (Å²) in [5.41, 5.74) is 0.661. The van der Waals surface area contributed by atoms with Gasteiger partial charge in [-0.25, -0.2) is 4.98 Å². The van der Waals surface area contributed by atoms with Crippen LogP contribution in [0.15, 0.2) is 29.1 Å². The molecular formula is C14H17N3O. The third-order valence-corrected chi connectivity index (χ3v) is 3.83. The Morgan fingerprint density at radius 1 is 1.39 bits per heavy atom. The first-order chi connectivity index (χ1) is 8.74. The van der Waals surface area contributed by atoms with Crippen molar-refractivity contribution in [3.63, 3.8) is 0 Å². The van der Waals surface area contributed by atoms with Crippen LogP contribution in [0.3, 0.4) is 0 Å². The zero-order valence-electron chi connectivity index (χ0n) is 10.4. The molecule has 0 saturated heterocycles. The van der Waals surface area contributed by atoms with E-state index >= 15 is 0 Å². The summed E-state index contributed by atoms with van der Waals surface area (Å²) in [5.74, 6) is 1.29. The number of anilines is 1. The van der Waals surface area contributed by atoms with Crippen LogP contribution in [0.4, 0.5) is 5.95 Å². The summed E-state index contributed by atoms with van der Waals surface area (Å²) in [6.07, 6.45) is 3.86. The number of H-pyrrole nitrogens is 1.